The molecule has 196 valence electrons. The second-order valence-corrected chi connectivity index (χ2v) is 10.7. The molecule has 0 heterocycles. The average Bonchev–Trinajstić information content (AvgIpc) is 2.89. The fourth-order valence-electron chi connectivity index (χ4n) is 3.96. The highest BCUT2D eigenvalue weighted by atomic mass is 35.5. The molecule has 3 aromatic carbocycles. The topological polar surface area (TPSA) is 96.0 Å². The highest BCUT2D eigenvalue weighted by Crippen LogP contribution is 2.30. The van der Waals surface area contributed by atoms with Gasteiger partial charge in [0.25, 0.3) is 0 Å². The molecule has 0 radical (unpaired) electrons. The van der Waals surface area contributed by atoms with Crippen molar-refractivity contribution >= 4 is 39.1 Å². The number of nitrogens with zero attached hydrogens (tertiary/aromatic N) is 2. The van der Waals surface area contributed by atoms with Crippen molar-refractivity contribution in [1.82, 2.24) is 10.2 Å². The maximum Gasteiger partial charge on any atom is 0.244 e. The van der Waals surface area contributed by atoms with E-state index in [1.54, 1.807) is 48.5 Å². The van der Waals surface area contributed by atoms with E-state index in [4.69, 9.17) is 16.3 Å². The fraction of sp³-hybridized carbons (Fsp3) is 0.259. The summed E-state index contributed by atoms with van der Waals surface area (Å²) in [6.07, 6.45) is 1.25. The number of hydrogen-bond acceptors (Lipinski definition) is 5. The van der Waals surface area contributed by atoms with Gasteiger partial charge in [0, 0.05) is 25.0 Å². The number of benzene rings is 3. The predicted octanol–water partition coefficient (Wildman–Crippen LogP) is 3.50. The van der Waals surface area contributed by atoms with Gasteiger partial charge in [-0.2, -0.15) is 0 Å². The summed E-state index contributed by atoms with van der Waals surface area (Å²) in [5, 5.41) is 3.07. The van der Waals surface area contributed by atoms with Gasteiger partial charge in [-0.25, -0.2) is 8.42 Å². The van der Waals surface area contributed by atoms with Crippen molar-refractivity contribution in [2.24, 2.45) is 0 Å². The van der Waals surface area contributed by atoms with Crippen LogP contribution in [-0.4, -0.2) is 58.1 Å². The van der Waals surface area contributed by atoms with Crippen molar-refractivity contribution in [3.63, 3.8) is 0 Å². The molecule has 3 aromatic rings. The van der Waals surface area contributed by atoms with Crippen LogP contribution in [0, 0.1) is 0 Å². The third-order valence-electron chi connectivity index (χ3n) is 5.85. The number of ether oxygens (including phenoxy) is 1. The van der Waals surface area contributed by atoms with E-state index in [2.05, 4.69) is 5.32 Å². The molecular formula is C27H30ClN3O5S. The molecule has 2 amide bonds. The quantitative estimate of drug-likeness (QED) is 0.399. The van der Waals surface area contributed by atoms with Crippen LogP contribution >= 0.6 is 11.6 Å². The van der Waals surface area contributed by atoms with Gasteiger partial charge in [-0.15, -0.1) is 0 Å². The summed E-state index contributed by atoms with van der Waals surface area (Å²) in [5.74, 6) is -0.654. The van der Waals surface area contributed by atoms with Crippen LogP contribution in [0.3, 0.4) is 0 Å². The van der Waals surface area contributed by atoms with Gasteiger partial charge in [-0.1, -0.05) is 72.3 Å². The number of nitrogens with one attached hydrogen (secondary N) is 1. The Morgan fingerprint density at radius 3 is 2.22 bits per heavy atom. The normalized spacial score (nSPS) is 11.9. The van der Waals surface area contributed by atoms with Gasteiger partial charge in [-0.05, 0) is 29.3 Å². The van der Waals surface area contributed by atoms with E-state index in [1.165, 1.54) is 19.1 Å². The maximum absolute atomic E-state index is 13.9. The number of carbonyl (C=O) groups is 2. The molecule has 0 bridgehead atoms. The van der Waals surface area contributed by atoms with E-state index in [-0.39, 0.29) is 24.6 Å². The summed E-state index contributed by atoms with van der Waals surface area (Å²) in [6.45, 7) is -0.529. The third-order valence-corrected chi connectivity index (χ3v) is 7.34. The summed E-state index contributed by atoms with van der Waals surface area (Å²) in [4.78, 5) is 28.4. The lowest BCUT2D eigenvalue weighted by Crippen LogP contribution is -2.53. The molecular weight excluding hydrogens is 514 g/mol. The lowest BCUT2D eigenvalue weighted by atomic mass is 10.0. The van der Waals surface area contributed by atoms with Crippen molar-refractivity contribution < 1.29 is 22.7 Å². The van der Waals surface area contributed by atoms with Gasteiger partial charge in [0.1, 0.15) is 18.3 Å². The van der Waals surface area contributed by atoms with E-state index in [0.29, 0.717) is 16.3 Å². The second kappa shape index (κ2) is 12.6. The summed E-state index contributed by atoms with van der Waals surface area (Å²) in [7, 11) is -0.972. The smallest absolute Gasteiger partial charge is 0.244 e. The number of anilines is 1. The number of amides is 2. The largest absolute Gasteiger partial charge is 0.495 e. The Balaban J connectivity index is 2.06. The number of likely N-dealkylation sites (N-methyl/N-ethyl adjacent to an activating group) is 1. The van der Waals surface area contributed by atoms with Crippen LogP contribution in [0.15, 0.2) is 78.9 Å². The monoisotopic (exact) mass is 543 g/mol. The average molecular weight is 544 g/mol. The van der Waals surface area contributed by atoms with Crippen molar-refractivity contribution in [2.45, 2.75) is 19.0 Å². The number of hydrogen-bond donors (Lipinski definition) is 1. The summed E-state index contributed by atoms with van der Waals surface area (Å²) in [5.41, 5.74) is 1.69. The predicted molar refractivity (Wildman–Crippen MR) is 145 cm³/mol. The van der Waals surface area contributed by atoms with Gasteiger partial charge < -0.3 is 15.0 Å². The van der Waals surface area contributed by atoms with Crippen LogP contribution in [0.25, 0.3) is 0 Å². The van der Waals surface area contributed by atoms with Crippen molar-refractivity contribution in [1.29, 1.82) is 0 Å². The molecule has 1 N–H and O–H groups in total. The molecule has 0 unspecified atom stereocenters. The molecule has 0 spiro atoms. The number of sulfonamides is 1. The Hall–Kier alpha value is -3.56. The molecule has 1 atom stereocenters. The van der Waals surface area contributed by atoms with Crippen LogP contribution < -0.4 is 14.4 Å². The number of methoxy groups -OCH3 is 1. The van der Waals surface area contributed by atoms with Crippen LogP contribution in [0.2, 0.25) is 5.02 Å². The van der Waals surface area contributed by atoms with Gasteiger partial charge >= 0.3 is 0 Å². The Labute approximate surface area is 222 Å². The molecule has 0 aliphatic heterocycles. The van der Waals surface area contributed by atoms with Crippen molar-refractivity contribution in [3.8, 4) is 5.75 Å². The number of halogens is 1. The van der Waals surface area contributed by atoms with Crippen molar-refractivity contribution in [3.05, 3.63) is 95.0 Å². The molecule has 0 fully saturated rings. The Morgan fingerprint density at radius 2 is 1.59 bits per heavy atom. The molecule has 0 aliphatic carbocycles. The molecule has 10 heteroatoms. The summed E-state index contributed by atoms with van der Waals surface area (Å²) >= 11 is 6.40. The van der Waals surface area contributed by atoms with Crippen LogP contribution in [0.5, 0.6) is 5.75 Å². The summed E-state index contributed by atoms with van der Waals surface area (Å²) in [6, 6.07) is 21.9. The van der Waals surface area contributed by atoms with E-state index in [1.807, 2.05) is 30.3 Å². The standard InChI is InChI=1S/C27H30ClN3O5S/c1-29-27(33)24(17-20-11-5-4-6-12-20)30(18-21-13-7-8-14-22(21)28)26(32)19-31(37(3,34)35)23-15-9-10-16-25(23)36-2/h4-16,24H,17-19H2,1-3H3,(H,29,33)/t24-/m1/s1. The minimum atomic E-state index is -3.89. The highest BCUT2D eigenvalue weighted by molar-refractivity contribution is 7.92. The van der Waals surface area contributed by atoms with Gasteiger partial charge in [-0.3, -0.25) is 13.9 Å². The van der Waals surface area contributed by atoms with Crippen LogP contribution in [-0.2, 0) is 32.6 Å². The van der Waals surface area contributed by atoms with Gasteiger partial charge in [0.2, 0.25) is 21.8 Å². The lowest BCUT2D eigenvalue weighted by molar-refractivity contribution is -0.139. The Bertz CT molecular complexity index is 1330. The first kappa shape index (κ1) is 28.0. The summed E-state index contributed by atoms with van der Waals surface area (Å²) < 4.78 is 32.0. The number of para-hydroxylation sites is 2. The first-order valence-electron chi connectivity index (χ1n) is 11.5. The van der Waals surface area contributed by atoms with Gasteiger partial charge in [0.05, 0.1) is 19.1 Å². The molecule has 0 saturated heterocycles. The van der Waals surface area contributed by atoms with Gasteiger partial charge in [0.15, 0.2) is 0 Å². The minimum Gasteiger partial charge on any atom is -0.495 e. The highest BCUT2D eigenvalue weighted by Gasteiger charge is 2.33. The van der Waals surface area contributed by atoms with Crippen LogP contribution in [0.1, 0.15) is 11.1 Å². The third kappa shape index (κ3) is 7.24. The molecule has 0 aromatic heterocycles. The van der Waals surface area contributed by atoms with E-state index < -0.39 is 28.5 Å². The molecule has 0 saturated carbocycles. The van der Waals surface area contributed by atoms with Crippen molar-refractivity contribution in [2.75, 3.05) is 31.3 Å². The maximum atomic E-state index is 13.9. The van der Waals surface area contributed by atoms with E-state index in [0.717, 1.165) is 16.1 Å². The molecule has 8 nitrogen and oxygen atoms in total. The van der Waals surface area contributed by atoms with E-state index in [9.17, 15) is 18.0 Å². The first-order chi connectivity index (χ1) is 17.7. The Morgan fingerprint density at radius 1 is 0.973 bits per heavy atom. The second-order valence-electron chi connectivity index (χ2n) is 8.37. The SMILES string of the molecule is CNC(=O)[C@@H](Cc1ccccc1)N(Cc1ccccc1Cl)C(=O)CN(c1ccccc1OC)S(C)(=O)=O. The van der Waals surface area contributed by atoms with Crippen LogP contribution in [0.4, 0.5) is 5.69 Å². The molecule has 0 aliphatic rings. The molecule has 3 rings (SSSR count). The fourth-order valence-corrected chi connectivity index (χ4v) is 5.01. The zero-order valence-corrected chi connectivity index (χ0v) is 22.5. The Kier molecular flexibility index (Phi) is 9.54. The number of rotatable bonds is 11. The zero-order valence-electron chi connectivity index (χ0n) is 20.9. The lowest BCUT2D eigenvalue weighted by Gasteiger charge is -2.33. The number of carbonyl (C=O) groups excluding carboxylic acids is 2. The molecule has 37 heavy (non-hydrogen) atoms. The van der Waals surface area contributed by atoms with E-state index >= 15 is 0 Å². The minimum absolute atomic E-state index is 0.00690. The first-order valence-corrected chi connectivity index (χ1v) is 13.8. The zero-order chi connectivity index (χ0) is 27.0.